The molecule has 0 radical (unpaired) electrons. The Balaban J connectivity index is 1.98. The SMILES string of the molecule is CCc1cnc(CNC(=O)c2n[nH]c(C)c2N)o1. The van der Waals surface area contributed by atoms with Crippen molar-refractivity contribution in [1.29, 1.82) is 0 Å². The number of nitrogens with two attached hydrogens (primary N) is 1. The van der Waals surface area contributed by atoms with Crippen molar-refractivity contribution in [3.63, 3.8) is 0 Å². The zero-order valence-electron chi connectivity index (χ0n) is 10.3. The lowest BCUT2D eigenvalue weighted by Gasteiger charge is -2.00. The molecule has 96 valence electrons. The fourth-order valence-corrected chi connectivity index (χ4v) is 1.44. The number of anilines is 1. The van der Waals surface area contributed by atoms with Gasteiger partial charge in [0.2, 0.25) is 5.89 Å². The van der Waals surface area contributed by atoms with Crippen LogP contribution in [0, 0.1) is 6.92 Å². The average Bonchev–Trinajstić information content (AvgIpc) is 2.95. The van der Waals surface area contributed by atoms with E-state index >= 15 is 0 Å². The van der Waals surface area contributed by atoms with Crippen molar-refractivity contribution >= 4 is 11.6 Å². The summed E-state index contributed by atoms with van der Waals surface area (Å²) in [6, 6.07) is 0. The molecule has 0 aliphatic carbocycles. The third-order valence-electron chi connectivity index (χ3n) is 2.56. The van der Waals surface area contributed by atoms with Gasteiger partial charge in [0.15, 0.2) is 5.69 Å². The Morgan fingerprint density at radius 2 is 2.39 bits per heavy atom. The van der Waals surface area contributed by atoms with Crippen molar-refractivity contribution < 1.29 is 9.21 Å². The van der Waals surface area contributed by atoms with Crippen LogP contribution >= 0.6 is 0 Å². The second kappa shape index (κ2) is 4.91. The Morgan fingerprint density at radius 1 is 1.61 bits per heavy atom. The highest BCUT2D eigenvalue weighted by Crippen LogP contribution is 2.12. The minimum absolute atomic E-state index is 0.190. The summed E-state index contributed by atoms with van der Waals surface area (Å²) >= 11 is 0. The molecule has 7 heteroatoms. The van der Waals surface area contributed by atoms with Gasteiger partial charge in [-0.25, -0.2) is 4.98 Å². The molecule has 18 heavy (non-hydrogen) atoms. The van der Waals surface area contributed by atoms with Crippen LogP contribution in [0.2, 0.25) is 0 Å². The Kier molecular flexibility index (Phi) is 3.31. The Bertz CT molecular complexity index is 558. The standard InChI is InChI=1S/C11H15N5O2/c1-3-7-4-13-8(18-7)5-14-11(17)10-9(12)6(2)15-16-10/h4H,3,5,12H2,1-2H3,(H,14,17)(H,15,16). The summed E-state index contributed by atoms with van der Waals surface area (Å²) in [7, 11) is 0. The molecule has 0 saturated heterocycles. The lowest BCUT2D eigenvalue weighted by Crippen LogP contribution is -2.24. The van der Waals surface area contributed by atoms with Gasteiger partial charge in [0.25, 0.3) is 5.91 Å². The van der Waals surface area contributed by atoms with E-state index in [0.717, 1.165) is 12.2 Å². The van der Waals surface area contributed by atoms with Crippen LogP contribution < -0.4 is 11.1 Å². The molecule has 2 aromatic rings. The van der Waals surface area contributed by atoms with Crippen LogP contribution in [0.1, 0.15) is 34.8 Å². The highest BCUT2D eigenvalue weighted by molar-refractivity contribution is 5.97. The zero-order chi connectivity index (χ0) is 13.1. The number of nitrogens with zero attached hydrogens (tertiary/aromatic N) is 2. The van der Waals surface area contributed by atoms with E-state index < -0.39 is 0 Å². The summed E-state index contributed by atoms with van der Waals surface area (Å²) in [6.07, 6.45) is 2.42. The van der Waals surface area contributed by atoms with Gasteiger partial charge in [-0.2, -0.15) is 5.10 Å². The summed E-state index contributed by atoms with van der Waals surface area (Å²) in [4.78, 5) is 15.8. The molecule has 7 nitrogen and oxygen atoms in total. The largest absolute Gasteiger partial charge is 0.444 e. The molecule has 0 aliphatic rings. The molecule has 0 saturated carbocycles. The minimum atomic E-state index is -0.354. The number of H-pyrrole nitrogens is 1. The van der Waals surface area contributed by atoms with Crippen LogP contribution in [0.3, 0.4) is 0 Å². The number of carbonyl (C=O) groups excluding carboxylic acids is 1. The van der Waals surface area contributed by atoms with Crippen LogP contribution in [0.4, 0.5) is 5.69 Å². The van der Waals surface area contributed by atoms with Crippen LogP contribution in [0.15, 0.2) is 10.6 Å². The van der Waals surface area contributed by atoms with Gasteiger partial charge < -0.3 is 15.5 Å². The predicted molar refractivity (Wildman–Crippen MR) is 64.8 cm³/mol. The fraction of sp³-hybridized carbons (Fsp3) is 0.364. The van der Waals surface area contributed by atoms with Crippen LogP contribution in [-0.4, -0.2) is 21.1 Å². The van der Waals surface area contributed by atoms with Gasteiger partial charge in [-0.15, -0.1) is 0 Å². The zero-order valence-corrected chi connectivity index (χ0v) is 10.3. The maximum Gasteiger partial charge on any atom is 0.274 e. The second-order valence-electron chi connectivity index (χ2n) is 3.87. The number of amides is 1. The second-order valence-corrected chi connectivity index (χ2v) is 3.87. The Morgan fingerprint density at radius 3 is 2.94 bits per heavy atom. The number of hydrogen-bond acceptors (Lipinski definition) is 5. The molecule has 0 atom stereocenters. The van der Waals surface area contributed by atoms with E-state index in [1.165, 1.54) is 0 Å². The van der Waals surface area contributed by atoms with E-state index in [9.17, 15) is 4.79 Å². The number of rotatable bonds is 4. The molecule has 0 fully saturated rings. The van der Waals surface area contributed by atoms with Crippen molar-refractivity contribution in [2.24, 2.45) is 0 Å². The summed E-state index contributed by atoms with van der Waals surface area (Å²) < 4.78 is 5.37. The van der Waals surface area contributed by atoms with Crippen molar-refractivity contribution in [1.82, 2.24) is 20.5 Å². The molecule has 0 aromatic carbocycles. The molecule has 0 spiro atoms. The molecule has 0 bridgehead atoms. The summed E-state index contributed by atoms with van der Waals surface area (Å²) in [6.45, 7) is 3.93. The molecular weight excluding hydrogens is 234 g/mol. The van der Waals surface area contributed by atoms with Gasteiger partial charge in [-0.1, -0.05) is 6.92 Å². The number of hydrogen-bond donors (Lipinski definition) is 3. The molecule has 2 rings (SSSR count). The van der Waals surface area contributed by atoms with Crippen LogP contribution in [0.25, 0.3) is 0 Å². The Hall–Kier alpha value is -2.31. The fourth-order valence-electron chi connectivity index (χ4n) is 1.44. The number of nitrogens with one attached hydrogen (secondary N) is 2. The summed E-state index contributed by atoms with van der Waals surface area (Å²) in [5.41, 5.74) is 6.92. The van der Waals surface area contributed by atoms with Crippen molar-refractivity contribution in [3.8, 4) is 0 Å². The van der Waals surface area contributed by atoms with E-state index in [1.807, 2.05) is 6.92 Å². The third kappa shape index (κ3) is 2.34. The van der Waals surface area contributed by atoms with Crippen molar-refractivity contribution in [2.45, 2.75) is 26.8 Å². The Labute approximate surface area is 104 Å². The molecule has 0 unspecified atom stereocenters. The quantitative estimate of drug-likeness (QED) is 0.741. The molecular formula is C11H15N5O2. The van der Waals surface area contributed by atoms with Gasteiger partial charge >= 0.3 is 0 Å². The first kappa shape index (κ1) is 12.2. The van der Waals surface area contributed by atoms with Gasteiger partial charge in [0.1, 0.15) is 5.76 Å². The van der Waals surface area contributed by atoms with Gasteiger partial charge in [0.05, 0.1) is 24.1 Å². The maximum absolute atomic E-state index is 11.8. The van der Waals surface area contributed by atoms with Gasteiger partial charge in [-0.3, -0.25) is 9.89 Å². The molecule has 2 aromatic heterocycles. The first-order valence-electron chi connectivity index (χ1n) is 5.64. The normalized spacial score (nSPS) is 10.6. The molecule has 1 amide bonds. The number of carbonyl (C=O) groups is 1. The molecule has 2 heterocycles. The highest BCUT2D eigenvalue weighted by atomic mass is 16.4. The van der Waals surface area contributed by atoms with E-state index in [1.54, 1.807) is 13.1 Å². The smallest absolute Gasteiger partial charge is 0.274 e. The number of aromatic amines is 1. The van der Waals surface area contributed by atoms with E-state index in [2.05, 4.69) is 20.5 Å². The van der Waals surface area contributed by atoms with Gasteiger partial charge in [0, 0.05) is 6.42 Å². The number of nitrogen functional groups attached to an aromatic ring is 1. The van der Waals surface area contributed by atoms with Gasteiger partial charge in [-0.05, 0) is 6.92 Å². The van der Waals surface area contributed by atoms with Crippen molar-refractivity contribution in [3.05, 3.63) is 29.2 Å². The number of oxazole rings is 1. The first-order valence-corrected chi connectivity index (χ1v) is 5.64. The monoisotopic (exact) mass is 249 g/mol. The van der Waals surface area contributed by atoms with Crippen LogP contribution in [-0.2, 0) is 13.0 Å². The summed E-state index contributed by atoms with van der Waals surface area (Å²) in [5.74, 6) is 0.897. The predicted octanol–water partition coefficient (Wildman–Crippen LogP) is 0.781. The van der Waals surface area contributed by atoms with Crippen LogP contribution in [0.5, 0.6) is 0 Å². The maximum atomic E-state index is 11.8. The number of aromatic nitrogens is 3. The lowest BCUT2D eigenvalue weighted by molar-refractivity contribution is 0.0943. The third-order valence-corrected chi connectivity index (χ3v) is 2.56. The average molecular weight is 249 g/mol. The topological polar surface area (TPSA) is 110 Å². The van der Waals surface area contributed by atoms with E-state index in [0.29, 0.717) is 17.3 Å². The molecule has 0 aliphatic heterocycles. The van der Waals surface area contributed by atoms with E-state index in [4.69, 9.17) is 10.2 Å². The lowest BCUT2D eigenvalue weighted by atomic mass is 10.3. The van der Waals surface area contributed by atoms with Crippen molar-refractivity contribution in [2.75, 3.05) is 5.73 Å². The minimum Gasteiger partial charge on any atom is -0.444 e. The molecule has 4 N–H and O–H groups in total. The summed E-state index contributed by atoms with van der Waals surface area (Å²) in [5, 5.41) is 9.14. The van der Waals surface area contributed by atoms with E-state index in [-0.39, 0.29) is 18.1 Å². The first-order chi connectivity index (χ1) is 8.61. The number of aryl methyl sites for hydroxylation is 2. The highest BCUT2D eigenvalue weighted by Gasteiger charge is 2.15.